The maximum Gasteiger partial charge on any atom is 0.256 e. The van der Waals surface area contributed by atoms with Gasteiger partial charge in [0.15, 0.2) is 0 Å². The first kappa shape index (κ1) is 12.3. The summed E-state index contributed by atoms with van der Waals surface area (Å²) < 4.78 is 5.17. The standard InChI is InChI=1S/C12H17NO4/c1-8-9(2)11(15)13(10(8)14)7-12(16)3-5-17-6-4-12/h16H,3-7H2,1-2H3. The van der Waals surface area contributed by atoms with E-state index in [2.05, 4.69) is 0 Å². The summed E-state index contributed by atoms with van der Waals surface area (Å²) in [6.07, 6.45) is 0.921. The Balaban J connectivity index is 2.10. The van der Waals surface area contributed by atoms with Gasteiger partial charge in [0.05, 0.1) is 12.1 Å². The molecule has 0 bridgehead atoms. The SMILES string of the molecule is CC1=C(C)C(=O)N(CC2(O)CCOCC2)C1=O. The fourth-order valence-electron chi connectivity index (χ4n) is 2.17. The average molecular weight is 239 g/mol. The number of amides is 2. The highest BCUT2D eigenvalue weighted by Crippen LogP contribution is 2.26. The Kier molecular flexibility index (Phi) is 3.05. The lowest BCUT2D eigenvalue weighted by Gasteiger charge is -2.34. The summed E-state index contributed by atoms with van der Waals surface area (Å²) in [5.41, 5.74) is -0.0367. The molecule has 2 aliphatic heterocycles. The van der Waals surface area contributed by atoms with Crippen molar-refractivity contribution in [3.05, 3.63) is 11.1 Å². The summed E-state index contributed by atoms with van der Waals surface area (Å²) >= 11 is 0. The van der Waals surface area contributed by atoms with Gasteiger partial charge >= 0.3 is 0 Å². The fraction of sp³-hybridized carbons (Fsp3) is 0.667. The van der Waals surface area contributed by atoms with Crippen molar-refractivity contribution >= 4 is 11.8 Å². The van der Waals surface area contributed by atoms with Crippen LogP contribution in [0.5, 0.6) is 0 Å². The molecule has 2 amide bonds. The highest BCUT2D eigenvalue weighted by atomic mass is 16.5. The molecule has 5 nitrogen and oxygen atoms in total. The van der Waals surface area contributed by atoms with Gasteiger partial charge in [-0.3, -0.25) is 14.5 Å². The number of rotatable bonds is 2. The van der Waals surface area contributed by atoms with Crippen LogP contribution in [0, 0.1) is 0 Å². The predicted molar refractivity (Wildman–Crippen MR) is 60.1 cm³/mol. The average Bonchev–Trinajstić information content (AvgIpc) is 2.48. The molecule has 1 N–H and O–H groups in total. The Morgan fingerprint density at radius 3 is 2.12 bits per heavy atom. The van der Waals surface area contributed by atoms with Crippen LogP contribution in [0.2, 0.25) is 0 Å². The summed E-state index contributed by atoms with van der Waals surface area (Å²) in [5.74, 6) is -0.570. The van der Waals surface area contributed by atoms with Gasteiger partial charge in [0.1, 0.15) is 0 Å². The van der Waals surface area contributed by atoms with Crippen LogP contribution in [0.15, 0.2) is 11.1 Å². The molecular weight excluding hydrogens is 222 g/mol. The van der Waals surface area contributed by atoms with E-state index in [1.165, 1.54) is 0 Å². The van der Waals surface area contributed by atoms with Crippen molar-refractivity contribution in [3.63, 3.8) is 0 Å². The molecule has 2 aliphatic rings. The van der Waals surface area contributed by atoms with Crippen LogP contribution in [0.25, 0.3) is 0 Å². The van der Waals surface area contributed by atoms with Crippen LogP contribution in [-0.4, -0.2) is 47.2 Å². The van der Waals surface area contributed by atoms with E-state index in [1.54, 1.807) is 13.8 Å². The second-order valence-corrected chi connectivity index (χ2v) is 4.78. The van der Waals surface area contributed by atoms with Gasteiger partial charge in [0.25, 0.3) is 11.8 Å². The number of aliphatic hydroxyl groups is 1. The van der Waals surface area contributed by atoms with Gasteiger partial charge in [-0.2, -0.15) is 0 Å². The zero-order valence-electron chi connectivity index (χ0n) is 10.2. The van der Waals surface area contributed by atoms with Gasteiger partial charge in [-0.15, -0.1) is 0 Å². The van der Waals surface area contributed by atoms with Gasteiger partial charge in [-0.1, -0.05) is 0 Å². The number of imide groups is 1. The zero-order chi connectivity index (χ0) is 12.6. The lowest BCUT2D eigenvalue weighted by molar-refractivity contribution is -0.145. The quantitative estimate of drug-likeness (QED) is 0.701. The fourth-order valence-corrected chi connectivity index (χ4v) is 2.17. The van der Waals surface area contributed by atoms with Gasteiger partial charge < -0.3 is 9.84 Å². The highest BCUT2D eigenvalue weighted by Gasteiger charge is 2.40. The van der Waals surface area contributed by atoms with Crippen LogP contribution in [-0.2, 0) is 14.3 Å². The number of nitrogens with zero attached hydrogens (tertiary/aromatic N) is 1. The van der Waals surface area contributed by atoms with Crippen LogP contribution < -0.4 is 0 Å². The van der Waals surface area contributed by atoms with Crippen molar-refractivity contribution in [1.82, 2.24) is 4.90 Å². The smallest absolute Gasteiger partial charge is 0.256 e. The third-order valence-corrected chi connectivity index (χ3v) is 3.57. The summed E-state index contributed by atoms with van der Waals surface area (Å²) in [6, 6.07) is 0. The molecule has 0 radical (unpaired) electrons. The largest absolute Gasteiger partial charge is 0.388 e. The van der Waals surface area contributed by atoms with E-state index >= 15 is 0 Å². The predicted octanol–water partition coefficient (Wildman–Crippen LogP) is 0.233. The Morgan fingerprint density at radius 2 is 1.65 bits per heavy atom. The van der Waals surface area contributed by atoms with Gasteiger partial charge in [0, 0.05) is 37.2 Å². The topological polar surface area (TPSA) is 66.8 Å². The van der Waals surface area contributed by atoms with Gasteiger partial charge in [0.2, 0.25) is 0 Å². The van der Waals surface area contributed by atoms with Gasteiger partial charge in [-0.05, 0) is 13.8 Å². The molecular formula is C12H17NO4. The first-order valence-electron chi connectivity index (χ1n) is 5.78. The first-order chi connectivity index (χ1) is 7.94. The minimum atomic E-state index is -0.992. The number of carbonyl (C=O) groups is 2. The molecule has 0 unspecified atom stereocenters. The number of β-amino-alcohol motifs (C(OH)–C–C–N with tert-alkyl or cyclic N) is 1. The molecule has 94 valence electrons. The van der Waals surface area contributed by atoms with Gasteiger partial charge in [-0.25, -0.2) is 0 Å². The lowest BCUT2D eigenvalue weighted by Crippen LogP contribution is -2.49. The van der Waals surface area contributed by atoms with Crippen LogP contribution in [0.4, 0.5) is 0 Å². The van der Waals surface area contributed by atoms with Crippen LogP contribution in [0.3, 0.4) is 0 Å². The summed E-state index contributed by atoms with van der Waals surface area (Å²) in [4.78, 5) is 24.8. The molecule has 0 aliphatic carbocycles. The molecule has 2 heterocycles. The maximum atomic E-state index is 11.8. The number of hydrogen-bond acceptors (Lipinski definition) is 4. The highest BCUT2D eigenvalue weighted by molar-refractivity contribution is 6.18. The van der Waals surface area contributed by atoms with Crippen molar-refractivity contribution in [2.75, 3.05) is 19.8 Å². The van der Waals surface area contributed by atoms with E-state index in [9.17, 15) is 14.7 Å². The van der Waals surface area contributed by atoms with E-state index in [0.29, 0.717) is 37.2 Å². The summed E-state index contributed by atoms with van der Waals surface area (Å²) in [7, 11) is 0. The molecule has 0 aromatic carbocycles. The molecule has 2 rings (SSSR count). The molecule has 17 heavy (non-hydrogen) atoms. The summed E-state index contributed by atoms with van der Waals surface area (Å²) in [6.45, 7) is 4.30. The van der Waals surface area contributed by atoms with Crippen molar-refractivity contribution in [2.45, 2.75) is 32.3 Å². The Hall–Kier alpha value is -1.20. The molecule has 1 saturated heterocycles. The molecule has 0 spiro atoms. The molecule has 0 aromatic heterocycles. The molecule has 5 heteroatoms. The second-order valence-electron chi connectivity index (χ2n) is 4.78. The van der Waals surface area contributed by atoms with Crippen molar-refractivity contribution in [1.29, 1.82) is 0 Å². The van der Waals surface area contributed by atoms with Crippen molar-refractivity contribution < 1.29 is 19.4 Å². The molecule has 0 aromatic rings. The van der Waals surface area contributed by atoms with Crippen LogP contribution in [0.1, 0.15) is 26.7 Å². The lowest BCUT2D eigenvalue weighted by atomic mass is 9.94. The molecule has 1 fully saturated rings. The number of hydrogen-bond donors (Lipinski definition) is 1. The molecule has 0 atom stereocenters. The monoisotopic (exact) mass is 239 g/mol. The minimum Gasteiger partial charge on any atom is -0.388 e. The van der Waals surface area contributed by atoms with Crippen molar-refractivity contribution in [3.8, 4) is 0 Å². The summed E-state index contributed by atoms with van der Waals surface area (Å²) in [5, 5.41) is 10.3. The van der Waals surface area contributed by atoms with E-state index in [0.717, 1.165) is 4.90 Å². The van der Waals surface area contributed by atoms with Crippen LogP contribution >= 0.6 is 0 Å². The minimum absolute atomic E-state index is 0.0721. The third kappa shape index (κ3) is 2.12. The Morgan fingerprint density at radius 1 is 1.18 bits per heavy atom. The third-order valence-electron chi connectivity index (χ3n) is 3.57. The normalized spacial score (nSPS) is 24.8. The van der Waals surface area contributed by atoms with E-state index in [-0.39, 0.29) is 18.4 Å². The Labute approximate surface area is 100 Å². The zero-order valence-corrected chi connectivity index (χ0v) is 10.2. The second kappa shape index (κ2) is 4.23. The van der Waals surface area contributed by atoms with E-state index < -0.39 is 5.60 Å². The number of ether oxygens (including phenoxy) is 1. The maximum absolute atomic E-state index is 11.8. The molecule has 0 saturated carbocycles. The van der Waals surface area contributed by atoms with E-state index in [4.69, 9.17) is 4.74 Å². The van der Waals surface area contributed by atoms with Crippen molar-refractivity contribution in [2.24, 2.45) is 0 Å². The van der Waals surface area contributed by atoms with E-state index in [1.807, 2.05) is 0 Å². The Bertz CT molecular complexity index is 369. The number of carbonyl (C=O) groups excluding carboxylic acids is 2. The first-order valence-corrected chi connectivity index (χ1v) is 5.78.